The molecule has 21 nitrogen and oxygen atoms in total. The van der Waals surface area contributed by atoms with E-state index in [4.69, 9.17) is 28.3 Å². The van der Waals surface area contributed by atoms with E-state index in [9.17, 15) is 53.6 Å². The van der Waals surface area contributed by atoms with Crippen LogP contribution in [0, 0.1) is 42.4 Å². The molecule has 0 aliphatic carbocycles. The fourth-order valence-corrected chi connectivity index (χ4v) is 10.8. The van der Waals surface area contributed by atoms with E-state index in [1.54, 1.807) is 39.0 Å². The number of phenols is 1. The summed E-state index contributed by atoms with van der Waals surface area (Å²) < 4.78 is 42.7. The Hall–Kier alpha value is -6.48. The van der Waals surface area contributed by atoms with Crippen LogP contribution in [0.1, 0.15) is 91.6 Å². The number of ketones is 1. The first-order valence-corrected chi connectivity index (χ1v) is 27.4. The monoisotopic (exact) mass is 1090 g/mol. The third kappa shape index (κ3) is 11.9. The largest absolute Gasteiger partial charge is 0.505 e. The van der Waals surface area contributed by atoms with Crippen molar-refractivity contribution in [1.82, 2.24) is 9.88 Å². The quantitative estimate of drug-likeness (QED) is 0.0200. The smallest absolute Gasteiger partial charge is 0.336 e. The summed E-state index contributed by atoms with van der Waals surface area (Å²) in [5.41, 5.74) is -4.12. The van der Waals surface area contributed by atoms with Crippen molar-refractivity contribution in [2.24, 2.45) is 35.5 Å². The third-order valence-corrected chi connectivity index (χ3v) is 16.3. The molecule has 0 spiro atoms. The lowest BCUT2D eigenvalue weighted by Gasteiger charge is -2.37. The highest BCUT2D eigenvalue weighted by Gasteiger charge is 2.50. The van der Waals surface area contributed by atoms with Gasteiger partial charge >= 0.3 is 25.3 Å². The minimum Gasteiger partial charge on any atom is -0.505 e. The van der Waals surface area contributed by atoms with Gasteiger partial charge in [0.15, 0.2) is 28.1 Å². The van der Waals surface area contributed by atoms with Gasteiger partial charge in [0.1, 0.15) is 40.5 Å². The number of phenolic OH excluding ortho intramolecular Hbond substituents is 1. The number of carbonyl (C=O) groups is 5. The number of anilines is 2. The number of fused-ring (bicyclic) bond motifs is 14. The summed E-state index contributed by atoms with van der Waals surface area (Å²) in [6, 6.07) is 3.05. The van der Waals surface area contributed by atoms with E-state index in [0.29, 0.717) is 37.8 Å². The summed E-state index contributed by atoms with van der Waals surface area (Å²) in [6.45, 7) is 21.6. The van der Waals surface area contributed by atoms with E-state index < -0.39 is 119 Å². The number of aromatic nitrogens is 1. The number of esters is 2. The Kier molecular flexibility index (Phi) is 17.3. The number of nitrogens with one attached hydrogen (secondary N) is 1. The van der Waals surface area contributed by atoms with Gasteiger partial charge < -0.3 is 63.5 Å². The number of hydrogen-bond acceptors (Lipinski definition) is 18. The van der Waals surface area contributed by atoms with Crippen molar-refractivity contribution in [3.05, 3.63) is 69.6 Å². The summed E-state index contributed by atoms with van der Waals surface area (Å²) in [6.07, 6.45) is 3.28. The molecule has 22 heteroatoms. The number of Topliss-reactive ketones (excluding diaryl/α,β-unsaturated/α-hetero) is 1. The van der Waals surface area contributed by atoms with Crippen LogP contribution >= 0.6 is 7.60 Å². The number of benzene rings is 3. The lowest BCUT2D eigenvalue weighted by atomic mass is 9.77. The van der Waals surface area contributed by atoms with Crippen LogP contribution in [0.5, 0.6) is 17.2 Å². The van der Waals surface area contributed by atoms with Crippen LogP contribution in [0.3, 0.4) is 0 Å². The second-order valence-electron chi connectivity index (χ2n) is 21.3. The molecule has 1 saturated heterocycles. The van der Waals surface area contributed by atoms with E-state index in [2.05, 4.69) is 24.1 Å². The molecule has 6 N–H and O–H groups in total. The molecule has 4 aliphatic rings. The summed E-state index contributed by atoms with van der Waals surface area (Å²) in [4.78, 5) is 111. The molecule has 5 bridgehead atoms. The van der Waals surface area contributed by atoms with Crippen LogP contribution in [0.15, 0.2) is 57.5 Å². The minimum absolute atomic E-state index is 0.0364. The Balaban J connectivity index is 1.48. The van der Waals surface area contributed by atoms with Gasteiger partial charge in [-0.1, -0.05) is 66.7 Å². The van der Waals surface area contributed by atoms with Gasteiger partial charge in [-0.2, -0.15) is 0 Å². The van der Waals surface area contributed by atoms with Crippen LogP contribution < -0.4 is 25.1 Å². The summed E-state index contributed by atoms with van der Waals surface area (Å²) >= 11 is 0. The Labute approximate surface area is 445 Å². The van der Waals surface area contributed by atoms with Crippen molar-refractivity contribution < 1.29 is 77.0 Å². The average Bonchev–Trinajstić information content (AvgIpc) is 3.82. The predicted molar refractivity (Wildman–Crippen MR) is 286 cm³/mol. The second-order valence-corrected chi connectivity index (χ2v) is 23.2. The van der Waals surface area contributed by atoms with Gasteiger partial charge in [0, 0.05) is 98.7 Å². The van der Waals surface area contributed by atoms with Crippen LogP contribution in [0.2, 0.25) is 0 Å². The molecular formula is C55H69N4O17P. The highest BCUT2D eigenvalue weighted by molar-refractivity contribution is 7.53. The highest BCUT2D eigenvalue weighted by Crippen LogP contribution is 2.49. The number of carbonyl (C=O) groups excluding carboxylic acids is 5. The zero-order valence-corrected chi connectivity index (χ0v) is 46.0. The lowest BCUT2D eigenvalue weighted by molar-refractivity contribution is -0.158. The fraction of sp³-hybridized carbons (Fsp3) is 0.509. The molecule has 1 amide bonds. The molecule has 77 heavy (non-hydrogen) atoms. The summed E-state index contributed by atoms with van der Waals surface area (Å²) in [5, 5.41) is 37.4. The van der Waals surface area contributed by atoms with E-state index in [0.717, 1.165) is 6.54 Å². The van der Waals surface area contributed by atoms with Crippen LogP contribution in [0.25, 0.3) is 33.0 Å². The number of ether oxygens (including phenoxy) is 4. The molecule has 10 atom stereocenters. The molecule has 4 aliphatic heterocycles. The Bertz CT molecular complexity index is 3210. The zero-order valence-electron chi connectivity index (χ0n) is 45.1. The average molecular weight is 1090 g/mol. The number of nitrogens with zero attached hydrogens (tertiary/aromatic N) is 3. The highest BCUT2D eigenvalue weighted by atomic mass is 31.2. The van der Waals surface area contributed by atoms with E-state index >= 15 is 4.79 Å². The number of hydrogen-bond donors (Lipinski definition) is 6. The molecule has 416 valence electrons. The van der Waals surface area contributed by atoms with E-state index in [-0.39, 0.29) is 62.1 Å². The maximum absolute atomic E-state index is 15.0. The molecule has 3 aromatic carbocycles. The molecule has 8 rings (SSSR count). The van der Waals surface area contributed by atoms with Gasteiger partial charge in [-0.15, -0.1) is 0 Å². The normalized spacial score (nSPS) is 27.9. The molecule has 4 aromatic rings. The first-order chi connectivity index (χ1) is 36.1. The minimum atomic E-state index is -5.10. The SMILES string of the molecule is CC(=O)O[C@H]1[C@H](C)[C@H](O)[C@H](C)[C@@H](O)[C@@H](C)/C=C/C=C(/C)C(=O)Nc2c(O)c3c(=O)c(C)c4c(c3c3nc5c(OC(=O)CC(C=O)P(=O)(O)O)cc(N6CCN(CC(C)C)CC6)cc5oc23)C(=O)[C@@](C)(O/C=C/[C@H](C)[C@H]1C)O4. The Morgan fingerprint density at radius 3 is 2.25 bits per heavy atom. The van der Waals surface area contributed by atoms with Gasteiger partial charge in [0.25, 0.3) is 11.7 Å². The number of aliphatic hydroxyl groups excluding tert-OH is 2. The molecule has 0 saturated carbocycles. The molecule has 5 heterocycles. The number of aliphatic hydroxyl groups is 2. The second kappa shape index (κ2) is 22.8. The standard InChI is InChI=1S/C55H69N4O17P/c1-26(2)24-58-16-18-59(19-17-58)35-21-37(74-39(62)23-36(25-60)77(69,70)71)43-38(22-35)75-52-44(56-43)40-41-48(65)33(9)51-42(40)53(67)55(11,76-51)72-20-15-27(3)30(6)50(73-34(10)61)32(8)47(64)31(7)46(63)28(4)13-12-14-29(5)54(68)57-45(52)49(41)66/h12-15,20-22,25-28,30-32,36,46-47,50,63-64,66H,16-19,23-24H2,1-11H3,(H,57,68)(H2,69,70,71)/b13-12+,20-15+,29-14-/t27-,28-,30+,31+,32+,36?,46-,47+,50+,55-/m0/s1. The zero-order chi connectivity index (χ0) is 56.7. The maximum Gasteiger partial charge on any atom is 0.336 e. The van der Waals surface area contributed by atoms with Crippen molar-refractivity contribution in [3.63, 3.8) is 0 Å². The number of aromatic hydroxyl groups is 1. The molecule has 1 aromatic heterocycles. The predicted octanol–water partition coefficient (Wildman–Crippen LogP) is 6.44. The fourth-order valence-electron chi connectivity index (χ4n) is 10.3. The van der Waals surface area contributed by atoms with E-state index in [1.807, 2.05) is 18.7 Å². The van der Waals surface area contributed by atoms with Gasteiger partial charge in [-0.3, -0.25) is 33.4 Å². The van der Waals surface area contributed by atoms with Crippen LogP contribution in [-0.2, 0) is 33.2 Å². The first kappa shape index (κ1) is 58.2. The van der Waals surface area contributed by atoms with Crippen molar-refractivity contribution in [2.45, 2.75) is 112 Å². The summed E-state index contributed by atoms with van der Waals surface area (Å²) in [5.74, 6) is -9.42. The number of allylic oxidation sites excluding steroid dienone is 3. The lowest BCUT2D eigenvalue weighted by Crippen LogP contribution is -2.47. The van der Waals surface area contributed by atoms with Crippen molar-refractivity contribution in [1.29, 1.82) is 0 Å². The van der Waals surface area contributed by atoms with Gasteiger partial charge in [0.2, 0.25) is 0 Å². The first-order valence-electron chi connectivity index (χ1n) is 25.7. The van der Waals surface area contributed by atoms with Crippen LogP contribution in [0.4, 0.5) is 11.4 Å². The number of piperazine rings is 1. The van der Waals surface area contributed by atoms with Crippen molar-refractivity contribution >= 4 is 81.9 Å². The number of rotatable bonds is 9. The van der Waals surface area contributed by atoms with Gasteiger partial charge in [-0.25, -0.2) is 4.98 Å². The molecular weight excluding hydrogens is 1020 g/mol. The maximum atomic E-state index is 15.0. The number of amides is 1. The third-order valence-electron chi connectivity index (χ3n) is 15.1. The van der Waals surface area contributed by atoms with Crippen molar-refractivity contribution in [2.75, 3.05) is 42.9 Å². The summed E-state index contributed by atoms with van der Waals surface area (Å²) in [7, 11) is -5.10. The molecule has 1 fully saturated rings. The van der Waals surface area contributed by atoms with Gasteiger partial charge in [0.05, 0.1) is 35.8 Å². The van der Waals surface area contributed by atoms with Crippen molar-refractivity contribution in [3.8, 4) is 17.2 Å². The van der Waals surface area contributed by atoms with E-state index in [1.165, 1.54) is 52.2 Å². The van der Waals surface area contributed by atoms with Crippen LogP contribution in [-0.4, -0.2) is 127 Å². The number of aldehydes is 1. The Morgan fingerprint density at radius 1 is 0.948 bits per heavy atom. The topological polar surface area (TPSA) is 302 Å². The van der Waals surface area contributed by atoms with Gasteiger partial charge in [-0.05, 0) is 37.7 Å². The molecule has 1 unspecified atom stereocenters. The Morgan fingerprint density at radius 2 is 1.62 bits per heavy atom. The molecule has 0 radical (unpaired) electrons.